The number of pyridine rings is 1. The van der Waals surface area contributed by atoms with Crippen LogP contribution in [0.5, 0.6) is 0 Å². The number of allylic oxidation sites excluding steroid dienone is 1. The van der Waals surface area contributed by atoms with Gasteiger partial charge in [-0.25, -0.2) is 0 Å². The lowest BCUT2D eigenvalue weighted by Gasteiger charge is -2.17. The molecule has 2 heterocycles. The summed E-state index contributed by atoms with van der Waals surface area (Å²) in [5, 5.41) is 4.00. The Balaban J connectivity index is 0.000000337. The zero-order valence-corrected chi connectivity index (χ0v) is 22.2. The summed E-state index contributed by atoms with van der Waals surface area (Å²) in [4.78, 5) is 12.5. The first kappa shape index (κ1) is 27.7. The van der Waals surface area contributed by atoms with Gasteiger partial charge < -0.3 is 4.79 Å². The van der Waals surface area contributed by atoms with Crippen molar-refractivity contribution < 1.29 is 18.8 Å². The van der Waals surface area contributed by atoms with Gasteiger partial charge in [-0.15, -0.1) is 0 Å². The Morgan fingerprint density at radius 1 is 0.914 bits per heavy atom. The lowest BCUT2D eigenvalue weighted by molar-refractivity contribution is -0.707. The van der Waals surface area contributed by atoms with Crippen molar-refractivity contribution in [2.24, 2.45) is 0 Å². The molecule has 0 spiro atoms. The number of para-hydroxylation sites is 1. The summed E-state index contributed by atoms with van der Waals surface area (Å²) >= 11 is 0. The Labute approximate surface area is 208 Å². The Bertz CT molecular complexity index is 1350. The number of nitrogens with zero attached hydrogens (tertiary/aromatic N) is 1. The monoisotopic (exact) mass is 474 g/mol. The van der Waals surface area contributed by atoms with Crippen molar-refractivity contribution in [2.45, 2.75) is 60.9 Å². The molecular weight excluding hydrogens is 437 g/mol. The van der Waals surface area contributed by atoms with E-state index in [1.54, 1.807) is 0 Å². The van der Waals surface area contributed by atoms with Gasteiger partial charge in [0, 0.05) is 41.5 Å². The minimum absolute atomic E-state index is 0.0536. The van der Waals surface area contributed by atoms with Crippen molar-refractivity contribution in [3.8, 4) is 11.3 Å². The van der Waals surface area contributed by atoms with Gasteiger partial charge in [0.2, 0.25) is 11.2 Å². The maximum atomic E-state index is 10.5. The first-order valence-electron chi connectivity index (χ1n) is 12.0. The van der Waals surface area contributed by atoms with Crippen molar-refractivity contribution in [3.63, 3.8) is 0 Å². The zero-order chi connectivity index (χ0) is 26.3. The number of benzene rings is 3. The number of halogens is 1. The Morgan fingerprint density at radius 2 is 1.43 bits per heavy atom. The summed E-state index contributed by atoms with van der Waals surface area (Å²) in [6, 6.07) is 24.4. The van der Waals surface area contributed by atoms with E-state index in [1.165, 1.54) is 64.8 Å². The van der Waals surface area contributed by atoms with E-state index in [0.29, 0.717) is 0 Å². The van der Waals surface area contributed by atoms with E-state index in [2.05, 4.69) is 104 Å². The lowest BCUT2D eigenvalue weighted by atomic mass is 9.90. The predicted octanol–water partition coefficient (Wildman–Crippen LogP) is 8.40. The first-order chi connectivity index (χ1) is 16.6. The fraction of sp³-hybridized carbons (Fsp3) is 0.290. The molecule has 0 unspecified atom stereocenters. The molecule has 35 heavy (non-hydrogen) atoms. The molecule has 5 rings (SSSR count). The topological polar surface area (TPSA) is 30.2 Å². The van der Waals surface area contributed by atoms with Crippen LogP contribution in [0, 0.1) is 6.92 Å². The number of hydrogen-bond acceptors (Lipinski definition) is 2. The summed E-state index contributed by atoms with van der Waals surface area (Å²) in [6.45, 7) is 18.4. The summed E-state index contributed by atoms with van der Waals surface area (Å²) in [5.41, 5.74) is 6.75. The third kappa shape index (κ3) is 5.76. The number of carbonyl (C=O) groups is 1. The van der Waals surface area contributed by atoms with Crippen molar-refractivity contribution in [3.05, 3.63) is 90.2 Å². The van der Waals surface area contributed by atoms with E-state index in [1.807, 2.05) is 13.8 Å². The number of aryl methyl sites for hydroxylation is 1. The van der Waals surface area contributed by atoms with Gasteiger partial charge in [0.25, 0.3) is 0 Å². The van der Waals surface area contributed by atoms with E-state index < -0.39 is 0 Å². The molecule has 0 bridgehead atoms. The fourth-order valence-electron chi connectivity index (χ4n) is 4.44. The molecule has 0 amide bonds. The molecular formula is C31H37FNO2+. The molecule has 0 atom stereocenters. The SMILES string of the molecule is C=C(C)OF.CC.CC(C)=O.Cc1cc2[n+](c3ccccc13)C(C)(C)c1ccc3ccccc3c1-2. The number of rotatable bonds is 1. The van der Waals surface area contributed by atoms with Crippen LogP contribution in [-0.4, -0.2) is 5.78 Å². The largest absolute Gasteiger partial charge is 0.300 e. The lowest BCUT2D eigenvalue weighted by Crippen LogP contribution is -2.51. The second-order valence-corrected chi connectivity index (χ2v) is 9.02. The number of fused-ring (bicyclic) bond motifs is 7. The van der Waals surface area contributed by atoms with Gasteiger partial charge in [-0.3, -0.25) is 4.94 Å². The summed E-state index contributed by atoms with van der Waals surface area (Å²) in [6.07, 6.45) is 0. The molecule has 4 heteroatoms. The number of hydrogen-bond donors (Lipinski definition) is 0. The van der Waals surface area contributed by atoms with Crippen LogP contribution in [0.4, 0.5) is 4.53 Å². The minimum atomic E-state index is -0.0536. The zero-order valence-electron chi connectivity index (χ0n) is 22.2. The average Bonchev–Trinajstić information content (AvgIpc) is 3.07. The molecule has 0 saturated carbocycles. The summed E-state index contributed by atoms with van der Waals surface area (Å²) in [7, 11) is 0. The van der Waals surface area contributed by atoms with Crippen LogP contribution in [0.25, 0.3) is 32.9 Å². The highest BCUT2D eigenvalue weighted by Gasteiger charge is 2.45. The second kappa shape index (κ2) is 11.7. The molecule has 0 radical (unpaired) electrons. The molecule has 0 fully saturated rings. The smallest absolute Gasteiger partial charge is 0.215 e. The second-order valence-electron chi connectivity index (χ2n) is 9.02. The molecule has 1 aromatic heterocycles. The van der Waals surface area contributed by atoms with Gasteiger partial charge in [-0.2, -0.15) is 4.57 Å². The van der Waals surface area contributed by atoms with E-state index in [-0.39, 0.29) is 17.1 Å². The van der Waals surface area contributed by atoms with Gasteiger partial charge >= 0.3 is 0 Å². The van der Waals surface area contributed by atoms with Crippen LogP contribution < -0.4 is 4.57 Å². The van der Waals surface area contributed by atoms with Crippen molar-refractivity contribution in [2.75, 3.05) is 0 Å². The molecule has 1 aliphatic heterocycles. The molecule has 184 valence electrons. The summed E-state index contributed by atoms with van der Waals surface area (Å²) in [5.74, 6) is 0.255. The molecule has 0 N–H and O–H groups in total. The Morgan fingerprint density at radius 3 is 2.00 bits per heavy atom. The highest BCUT2D eigenvalue weighted by molar-refractivity contribution is 5.99. The van der Waals surface area contributed by atoms with Crippen LogP contribution in [-0.2, 0) is 15.3 Å². The van der Waals surface area contributed by atoms with Crippen LogP contribution in [0.3, 0.4) is 0 Å². The third-order valence-corrected chi connectivity index (χ3v) is 5.70. The maximum absolute atomic E-state index is 10.5. The van der Waals surface area contributed by atoms with Gasteiger partial charge in [0.1, 0.15) is 11.5 Å². The third-order valence-electron chi connectivity index (χ3n) is 5.70. The van der Waals surface area contributed by atoms with Gasteiger partial charge in [-0.05, 0) is 50.1 Å². The predicted molar refractivity (Wildman–Crippen MR) is 145 cm³/mol. The number of Topliss-reactive ketones (excluding diaryl/α,β-unsaturated/α-hetero) is 1. The first-order valence-corrected chi connectivity index (χ1v) is 12.0. The van der Waals surface area contributed by atoms with Crippen LogP contribution in [0.15, 0.2) is 79.1 Å². The normalized spacial score (nSPS) is 12.0. The molecule has 3 nitrogen and oxygen atoms in total. The number of carbonyl (C=O) groups excluding carboxylic acids is 1. The minimum Gasteiger partial charge on any atom is -0.300 e. The van der Waals surface area contributed by atoms with Crippen LogP contribution in [0.2, 0.25) is 0 Å². The van der Waals surface area contributed by atoms with Gasteiger partial charge in [0.05, 0.1) is 5.56 Å². The van der Waals surface area contributed by atoms with Gasteiger partial charge in [0.15, 0.2) is 5.54 Å². The van der Waals surface area contributed by atoms with Crippen molar-refractivity contribution in [1.29, 1.82) is 0 Å². The average molecular weight is 475 g/mol. The maximum Gasteiger partial charge on any atom is 0.215 e. The molecule has 4 aromatic rings. The molecule has 1 aliphatic rings. The Hall–Kier alpha value is -3.53. The molecule has 0 saturated heterocycles. The van der Waals surface area contributed by atoms with E-state index in [9.17, 15) is 9.32 Å². The van der Waals surface area contributed by atoms with E-state index in [4.69, 9.17) is 0 Å². The van der Waals surface area contributed by atoms with Gasteiger partial charge in [-0.1, -0.05) is 69.0 Å². The van der Waals surface area contributed by atoms with Crippen LogP contribution in [0.1, 0.15) is 59.6 Å². The highest BCUT2D eigenvalue weighted by atomic mass is 19.3. The molecule has 3 aromatic carbocycles. The highest BCUT2D eigenvalue weighted by Crippen LogP contribution is 2.43. The Kier molecular flexibility index (Phi) is 9.30. The van der Waals surface area contributed by atoms with E-state index in [0.717, 1.165) is 0 Å². The van der Waals surface area contributed by atoms with Crippen molar-refractivity contribution >= 4 is 27.5 Å². The van der Waals surface area contributed by atoms with Crippen LogP contribution >= 0.6 is 0 Å². The number of aromatic nitrogens is 1. The standard InChI is InChI=1S/C23H20N.C3H5FO.C3H6O.C2H6/c1-15-14-21-22-18-10-5-4-8-16(18)12-13-19(22)23(2,3)24(21)20-11-7-6-9-17(15)20;1-3(2)5-4;1-3(2)4;1-2/h4-14H,1-3H3;1H2,2H3;1-2H3;1-2H3/q+1;;;. The van der Waals surface area contributed by atoms with E-state index >= 15 is 0 Å². The van der Waals surface area contributed by atoms with Crippen molar-refractivity contribution in [1.82, 2.24) is 0 Å². The summed E-state index contributed by atoms with van der Waals surface area (Å²) < 4.78 is 13.0. The molecule has 0 aliphatic carbocycles. The fourth-order valence-corrected chi connectivity index (χ4v) is 4.44. The quantitative estimate of drug-likeness (QED) is 0.205. The number of ketones is 1.